The largest absolute Gasteiger partial charge is 0.481 e. The molecule has 2 fully saturated rings. The van der Waals surface area contributed by atoms with Gasteiger partial charge in [-0.3, -0.25) is 4.79 Å². The van der Waals surface area contributed by atoms with Gasteiger partial charge in [-0.2, -0.15) is 23.5 Å². The number of hydrogen-bond donors (Lipinski definition) is 1. The van der Waals surface area contributed by atoms with Crippen molar-refractivity contribution in [2.24, 2.45) is 11.8 Å². The Kier molecular flexibility index (Phi) is 8.00. The van der Waals surface area contributed by atoms with Crippen LogP contribution >= 0.6 is 23.5 Å². The van der Waals surface area contributed by atoms with Crippen molar-refractivity contribution in [2.75, 3.05) is 5.75 Å². The topological polar surface area (TPSA) is 37.3 Å². The summed E-state index contributed by atoms with van der Waals surface area (Å²) < 4.78 is 0. The van der Waals surface area contributed by atoms with E-state index in [1.807, 2.05) is 0 Å². The molecule has 0 spiro atoms. The first-order valence-electron chi connectivity index (χ1n) is 9.88. The summed E-state index contributed by atoms with van der Waals surface area (Å²) in [6, 6.07) is 10.8. The summed E-state index contributed by atoms with van der Waals surface area (Å²) in [5.74, 6) is 3.43. The third-order valence-electron chi connectivity index (χ3n) is 5.63. The fourth-order valence-electron chi connectivity index (χ4n) is 4.32. The van der Waals surface area contributed by atoms with Gasteiger partial charge in [-0.25, -0.2) is 0 Å². The van der Waals surface area contributed by atoms with E-state index >= 15 is 0 Å². The first-order chi connectivity index (χ1) is 12.7. The molecular formula is C22H30O2S2. The lowest BCUT2D eigenvalue weighted by molar-refractivity contribution is -0.137. The van der Waals surface area contributed by atoms with Crippen LogP contribution in [0.4, 0.5) is 0 Å². The average molecular weight is 391 g/mol. The molecular weight excluding hydrogens is 360 g/mol. The van der Waals surface area contributed by atoms with Crippen molar-refractivity contribution in [3.63, 3.8) is 0 Å². The Hall–Kier alpha value is -0.870. The van der Waals surface area contributed by atoms with Gasteiger partial charge in [0.25, 0.3) is 0 Å². The van der Waals surface area contributed by atoms with Gasteiger partial charge in [0.05, 0.1) is 0 Å². The van der Waals surface area contributed by atoms with Gasteiger partial charge in [-0.1, -0.05) is 42.5 Å². The van der Waals surface area contributed by atoms with Crippen LogP contribution in [0.2, 0.25) is 0 Å². The highest BCUT2D eigenvalue weighted by Gasteiger charge is 2.46. The van der Waals surface area contributed by atoms with Crippen LogP contribution in [0, 0.1) is 11.8 Å². The van der Waals surface area contributed by atoms with E-state index < -0.39 is 5.97 Å². The molecule has 1 N–H and O–H groups in total. The lowest BCUT2D eigenvalue weighted by atomic mass is 9.76. The number of unbranched alkanes of at least 4 members (excludes halogenated alkanes) is 1. The van der Waals surface area contributed by atoms with Gasteiger partial charge in [0, 0.05) is 22.7 Å². The van der Waals surface area contributed by atoms with Crippen molar-refractivity contribution >= 4 is 29.5 Å². The van der Waals surface area contributed by atoms with Crippen molar-refractivity contribution in [1.29, 1.82) is 0 Å². The molecule has 2 nitrogen and oxygen atoms in total. The van der Waals surface area contributed by atoms with Crippen molar-refractivity contribution in [3.8, 4) is 0 Å². The zero-order valence-electron chi connectivity index (χ0n) is 15.4. The minimum atomic E-state index is -0.684. The molecule has 0 saturated carbocycles. The van der Waals surface area contributed by atoms with Crippen molar-refractivity contribution < 1.29 is 9.90 Å². The van der Waals surface area contributed by atoms with Crippen molar-refractivity contribution in [2.45, 2.75) is 61.2 Å². The third kappa shape index (κ3) is 5.82. The molecule has 4 atom stereocenters. The second-order valence-electron chi connectivity index (χ2n) is 7.44. The van der Waals surface area contributed by atoms with Crippen molar-refractivity contribution in [1.82, 2.24) is 0 Å². The van der Waals surface area contributed by atoms with Gasteiger partial charge >= 0.3 is 5.97 Å². The van der Waals surface area contributed by atoms with Crippen LogP contribution in [0.15, 0.2) is 42.5 Å². The number of allylic oxidation sites excluding steroid dienone is 2. The molecule has 0 radical (unpaired) electrons. The minimum Gasteiger partial charge on any atom is -0.481 e. The average Bonchev–Trinajstić information content (AvgIpc) is 3.24. The molecule has 0 amide bonds. The maximum atomic E-state index is 10.6. The number of fused-ring (bicyclic) bond motifs is 2. The highest BCUT2D eigenvalue weighted by molar-refractivity contribution is 8.01. The van der Waals surface area contributed by atoms with Crippen LogP contribution < -0.4 is 0 Å². The van der Waals surface area contributed by atoms with Crippen LogP contribution in [0.1, 0.15) is 50.5 Å². The van der Waals surface area contributed by atoms with E-state index in [2.05, 4.69) is 66.0 Å². The van der Waals surface area contributed by atoms with Gasteiger partial charge in [-0.05, 0) is 61.7 Å². The van der Waals surface area contributed by atoms with Crippen LogP contribution in [0.3, 0.4) is 0 Å². The summed E-state index contributed by atoms with van der Waals surface area (Å²) in [5.41, 5.74) is 1.43. The molecule has 2 bridgehead atoms. The molecule has 1 aromatic rings. The van der Waals surface area contributed by atoms with Gasteiger partial charge in [0.15, 0.2) is 0 Å². The van der Waals surface area contributed by atoms with Gasteiger partial charge in [0.1, 0.15) is 0 Å². The Morgan fingerprint density at radius 1 is 1.15 bits per heavy atom. The van der Waals surface area contributed by atoms with E-state index in [-0.39, 0.29) is 6.42 Å². The molecule has 26 heavy (non-hydrogen) atoms. The summed E-state index contributed by atoms with van der Waals surface area (Å²) in [6.07, 6.45) is 11.9. The zero-order chi connectivity index (χ0) is 18.2. The molecule has 2 heterocycles. The summed E-state index contributed by atoms with van der Waals surface area (Å²) in [4.78, 5) is 10.6. The zero-order valence-corrected chi connectivity index (χ0v) is 17.0. The Labute approximate surface area is 166 Å². The number of thioether (sulfide) groups is 2. The number of carboxylic acids is 1. The predicted octanol–water partition coefficient (Wildman–Crippen LogP) is 6.02. The minimum absolute atomic E-state index is 0.287. The molecule has 3 rings (SSSR count). The Balaban J connectivity index is 1.39. The lowest BCUT2D eigenvalue weighted by Gasteiger charge is -2.29. The van der Waals surface area contributed by atoms with Gasteiger partial charge < -0.3 is 5.11 Å². The second-order valence-corrected chi connectivity index (χ2v) is 10.0. The number of carbonyl (C=O) groups is 1. The normalized spacial score (nSPS) is 27.4. The van der Waals surface area contributed by atoms with Gasteiger partial charge in [0.2, 0.25) is 0 Å². The summed E-state index contributed by atoms with van der Waals surface area (Å²) in [5, 5.41) is 10.5. The van der Waals surface area contributed by atoms with E-state index in [0.29, 0.717) is 0 Å². The summed E-state index contributed by atoms with van der Waals surface area (Å²) in [7, 11) is 0. The quantitative estimate of drug-likeness (QED) is 0.370. The van der Waals surface area contributed by atoms with Crippen LogP contribution in [-0.4, -0.2) is 27.3 Å². The fourth-order valence-corrected chi connectivity index (χ4v) is 7.38. The Morgan fingerprint density at radius 2 is 1.92 bits per heavy atom. The van der Waals surface area contributed by atoms with Crippen LogP contribution in [-0.2, 0) is 10.5 Å². The maximum absolute atomic E-state index is 10.6. The Morgan fingerprint density at radius 3 is 2.69 bits per heavy atom. The molecule has 2 aliphatic heterocycles. The van der Waals surface area contributed by atoms with Crippen LogP contribution in [0.5, 0.6) is 0 Å². The Bertz CT molecular complexity index is 587. The monoisotopic (exact) mass is 390 g/mol. The van der Waals surface area contributed by atoms with E-state index in [1.165, 1.54) is 37.0 Å². The number of benzene rings is 1. The smallest absolute Gasteiger partial charge is 0.303 e. The molecule has 0 unspecified atom stereocenters. The molecule has 0 aromatic heterocycles. The SMILES string of the molecule is O=C(O)CCC/C=C\C[C@@H]1[C@H](CCSCc2ccccc2)[C@@H]2CC[C@H]1S2. The molecule has 142 valence electrons. The van der Waals surface area contributed by atoms with E-state index in [0.717, 1.165) is 40.9 Å². The van der Waals surface area contributed by atoms with E-state index in [9.17, 15) is 4.79 Å². The summed E-state index contributed by atoms with van der Waals surface area (Å²) >= 11 is 4.33. The first kappa shape index (κ1) is 19.9. The standard InChI is InChI=1S/C22H30O2S2/c23-22(24)11-7-2-1-6-10-18-19(21-13-12-20(18)26-21)14-15-25-16-17-8-4-3-5-9-17/h1,3-6,8-9,18-21H,2,7,10-16H2,(H,23,24)/b6-1-/t18-,19+,20-,21+/m1/s1. The number of hydrogen-bond acceptors (Lipinski definition) is 3. The van der Waals surface area contributed by atoms with Crippen LogP contribution in [0.25, 0.3) is 0 Å². The van der Waals surface area contributed by atoms with E-state index in [1.54, 1.807) is 0 Å². The number of aliphatic carboxylic acids is 1. The molecule has 0 aliphatic carbocycles. The van der Waals surface area contributed by atoms with Crippen molar-refractivity contribution in [3.05, 3.63) is 48.0 Å². The molecule has 2 aliphatic rings. The first-order valence-corrected chi connectivity index (χ1v) is 12.0. The fraction of sp³-hybridized carbons (Fsp3) is 0.591. The second kappa shape index (κ2) is 10.5. The molecule has 2 saturated heterocycles. The number of rotatable bonds is 11. The lowest BCUT2D eigenvalue weighted by Crippen LogP contribution is -2.27. The molecule has 4 heteroatoms. The number of carboxylic acid groups (broad SMARTS) is 1. The maximum Gasteiger partial charge on any atom is 0.303 e. The predicted molar refractivity (Wildman–Crippen MR) is 114 cm³/mol. The molecule has 1 aromatic carbocycles. The highest BCUT2D eigenvalue weighted by atomic mass is 32.2. The highest BCUT2D eigenvalue weighted by Crippen LogP contribution is 2.55. The third-order valence-corrected chi connectivity index (χ3v) is 8.57. The van der Waals surface area contributed by atoms with Gasteiger partial charge in [-0.15, -0.1) is 0 Å². The van der Waals surface area contributed by atoms with E-state index in [4.69, 9.17) is 5.11 Å². The summed E-state index contributed by atoms with van der Waals surface area (Å²) in [6.45, 7) is 0.